The molecule has 0 N–H and O–H groups in total. The van der Waals surface area contributed by atoms with Gasteiger partial charge in [-0.05, 0) is 43.5 Å². The maximum Gasteiger partial charge on any atom is 0.0708 e. The molecule has 22 heavy (non-hydrogen) atoms. The molecule has 0 aliphatic carbocycles. The van der Waals surface area contributed by atoms with Crippen LogP contribution in [0.5, 0.6) is 0 Å². The van der Waals surface area contributed by atoms with Crippen LogP contribution in [0.4, 0.5) is 0 Å². The van der Waals surface area contributed by atoms with Gasteiger partial charge < -0.3 is 4.90 Å². The van der Waals surface area contributed by atoms with Gasteiger partial charge in [-0.25, -0.2) is 0 Å². The molecule has 0 saturated heterocycles. The molecule has 0 bridgehead atoms. The highest BCUT2D eigenvalue weighted by molar-refractivity contribution is 5.83. The third-order valence-corrected chi connectivity index (χ3v) is 5.04. The van der Waals surface area contributed by atoms with E-state index < -0.39 is 0 Å². The molecule has 0 radical (unpaired) electrons. The van der Waals surface area contributed by atoms with Gasteiger partial charge in [-0.15, -0.1) is 0 Å². The SMILES string of the molecule is CCCCCCN1CCc2nc3ccccc3c(C)c2CC1. The van der Waals surface area contributed by atoms with E-state index in [-0.39, 0.29) is 0 Å². The summed E-state index contributed by atoms with van der Waals surface area (Å²) >= 11 is 0. The average Bonchev–Trinajstić information content (AvgIpc) is 2.75. The Hall–Kier alpha value is -1.41. The normalized spacial score (nSPS) is 15.7. The summed E-state index contributed by atoms with van der Waals surface area (Å²) in [5.74, 6) is 0. The van der Waals surface area contributed by atoms with Gasteiger partial charge in [-0.2, -0.15) is 0 Å². The molecule has 2 nitrogen and oxygen atoms in total. The second-order valence-electron chi connectivity index (χ2n) is 6.58. The van der Waals surface area contributed by atoms with Crippen LogP contribution in [0, 0.1) is 6.92 Å². The van der Waals surface area contributed by atoms with Crippen molar-refractivity contribution in [2.45, 2.75) is 52.4 Å². The number of para-hydroxylation sites is 1. The lowest BCUT2D eigenvalue weighted by molar-refractivity contribution is 0.280. The number of nitrogens with zero attached hydrogens (tertiary/aromatic N) is 2. The van der Waals surface area contributed by atoms with Gasteiger partial charge in [-0.3, -0.25) is 4.98 Å². The minimum absolute atomic E-state index is 1.11. The molecule has 0 spiro atoms. The van der Waals surface area contributed by atoms with Gasteiger partial charge in [0.1, 0.15) is 0 Å². The van der Waals surface area contributed by atoms with Gasteiger partial charge in [0.2, 0.25) is 0 Å². The van der Waals surface area contributed by atoms with Crippen molar-refractivity contribution in [3.8, 4) is 0 Å². The topological polar surface area (TPSA) is 16.1 Å². The maximum atomic E-state index is 4.95. The number of rotatable bonds is 5. The number of hydrogen-bond donors (Lipinski definition) is 0. The fourth-order valence-electron chi connectivity index (χ4n) is 3.65. The second-order valence-corrected chi connectivity index (χ2v) is 6.58. The van der Waals surface area contributed by atoms with E-state index >= 15 is 0 Å². The number of hydrogen-bond acceptors (Lipinski definition) is 2. The van der Waals surface area contributed by atoms with Crippen LogP contribution >= 0.6 is 0 Å². The summed E-state index contributed by atoms with van der Waals surface area (Å²) < 4.78 is 0. The summed E-state index contributed by atoms with van der Waals surface area (Å²) in [7, 11) is 0. The maximum absolute atomic E-state index is 4.95. The fourth-order valence-corrected chi connectivity index (χ4v) is 3.65. The van der Waals surface area contributed by atoms with Gasteiger partial charge in [0, 0.05) is 30.6 Å². The van der Waals surface area contributed by atoms with Gasteiger partial charge >= 0.3 is 0 Å². The largest absolute Gasteiger partial charge is 0.303 e. The zero-order chi connectivity index (χ0) is 15.4. The Morgan fingerprint density at radius 3 is 2.73 bits per heavy atom. The summed E-state index contributed by atoms with van der Waals surface area (Å²) in [6.45, 7) is 8.18. The molecule has 1 aromatic carbocycles. The van der Waals surface area contributed by atoms with Crippen molar-refractivity contribution < 1.29 is 0 Å². The number of unbranched alkanes of at least 4 members (excludes halogenated alkanes) is 3. The highest BCUT2D eigenvalue weighted by atomic mass is 15.1. The van der Waals surface area contributed by atoms with Crippen molar-refractivity contribution in [2.75, 3.05) is 19.6 Å². The standard InChI is InChI=1S/C20H28N2/c1-3-4-5-8-13-22-14-11-18-16(2)17-9-6-7-10-19(17)21-20(18)12-15-22/h6-7,9-10H,3-5,8,11-15H2,1-2H3. The van der Waals surface area contributed by atoms with Crippen LogP contribution in [0.2, 0.25) is 0 Å². The fraction of sp³-hybridized carbons (Fsp3) is 0.550. The molecule has 118 valence electrons. The number of aromatic nitrogens is 1. The zero-order valence-electron chi connectivity index (χ0n) is 14.1. The second kappa shape index (κ2) is 7.23. The van der Waals surface area contributed by atoms with Gasteiger partial charge in [0.05, 0.1) is 5.52 Å². The van der Waals surface area contributed by atoms with E-state index in [9.17, 15) is 0 Å². The molecule has 0 saturated carbocycles. The lowest BCUT2D eigenvalue weighted by Gasteiger charge is -2.19. The molecule has 2 aromatic rings. The molecule has 2 heterocycles. The van der Waals surface area contributed by atoms with Gasteiger partial charge in [-0.1, -0.05) is 44.4 Å². The van der Waals surface area contributed by atoms with E-state index in [0.29, 0.717) is 0 Å². The summed E-state index contributed by atoms with van der Waals surface area (Å²) in [5, 5.41) is 1.33. The Morgan fingerprint density at radius 2 is 1.86 bits per heavy atom. The summed E-state index contributed by atoms with van der Waals surface area (Å²) in [5.41, 5.74) is 5.46. The van der Waals surface area contributed by atoms with E-state index in [1.165, 1.54) is 67.5 Å². The van der Waals surface area contributed by atoms with Crippen LogP contribution in [0.3, 0.4) is 0 Å². The minimum atomic E-state index is 1.11. The van der Waals surface area contributed by atoms with Crippen molar-refractivity contribution in [1.29, 1.82) is 0 Å². The third-order valence-electron chi connectivity index (χ3n) is 5.04. The Kier molecular flexibility index (Phi) is 5.09. The Bertz CT molecular complexity index is 633. The quantitative estimate of drug-likeness (QED) is 0.754. The first-order valence-electron chi connectivity index (χ1n) is 8.89. The summed E-state index contributed by atoms with van der Waals surface area (Å²) in [6.07, 6.45) is 7.68. The van der Waals surface area contributed by atoms with Crippen LogP contribution in [-0.2, 0) is 12.8 Å². The number of pyridine rings is 1. The van der Waals surface area contributed by atoms with E-state index in [4.69, 9.17) is 4.98 Å². The third kappa shape index (κ3) is 3.33. The van der Waals surface area contributed by atoms with Crippen molar-refractivity contribution in [1.82, 2.24) is 9.88 Å². The molecular formula is C20H28N2. The van der Waals surface area contributed by atoms with E-state index in [2.05, 4.69) is 43.0 Å². The van der Waals surface area contributed by atoms with E-state index in [1.54, 1.807) is 0 Å². The molecule has 1 aliphatic rings. The van der Waals surface area contributed by atoms with Crippen LogP contribution < -0.4 is 0 Å². The Morgan fingerprint density at radius 1 is 1.05 bits per heavy atom. The number of benzene rings is 1. The zero-order valence-corrected chi connectivity index (χ0v) is 14.1. The molecular weight excluding hydrogens is 268 g/mol. The van der Waals surface area contributed by atoms with Gasteiger partial charge in [0.15, 0.2) is 0 Å². The molecule has 3 rings (SSSR count). The molecule has 1 aliphatic heterocycles. The highest BCUT2D eigenvalue weighted by Gasteiger charge is 2.18. The molecule has 2 heteroatoms. The number of aryl methyl sites for hydroxylation is 1. The van der Waals surface area contributed by atoms with Crippen molar-refractivity contribution in [3.05, 3.63) is 41.1 Å². The first-order valence-corrected chi connectivity index (χ1v) is 8.89. The molecule has 0 unspecified atom stereocenters. The summed E-state index contributed by atoms with van der Waals surface area (Å²) in [6, 6.07) is 8.58. The Balaban J connectivity index is 1.74. The van der Waals surface area contributed by atoms with Crippen LogP contribution in [0.25, 0.3) is 10.9 Å². The van der Waals surface area contributed by atoms with Gasteiger partial charge in [0.25, 0.3) is 0 Å². The van der Waals surface area contributed by atoms with Crippen LogP contribution in [0.1, 0.15) is 49.4 Å². The monoisotopic (exact) mass is 296 g/mol. The van der Waals surface area contributed by atoms with Crippen LogP contribution in [-0.4, -0.2) is 29.5 Å². The van der Waals surface area contributed by atoms with Crippen LogP contribution in [0.15, 0.2) is 24.3 Å². The first-order chi connectivity index (χ1) is 10.8. The first kappa shape index (κ1) is 15.5. The molecule has 1 aromatic heterocycles. The lowest BCUT2D eigenvalue weighted by atomic mass is 9.99. The van der Waals surface area contributed by atoms with E-state index in [0.717, 1.165) is 18.4 Å². The molecule has 0 fully saturated rings. The molecule has 0 amide bonds. The highest BCUT2D eigenvalue weighted by Crippen LogP contribution is 2.25. The lowest BCUT2D eigenvalue weighted by Crippen LogP contribution is -2.27. The number of fused-ring (bicyclic) bond motifs is 2. The van der Waals surface area contributed by atoms with Crippen molar-refractivity contribution in [2.24, 2.45) is 0 Å². The molecule has 0 atom stereocenters. The minimum Gasteiger partial charge on any atom is -0.303 e. The predicted molar refractivity (Wildman–Crippen MR) is 94.5 cm³/mol. The smallest absolute Gasteiger partial charge is 0.0708 e. The predicted octanol–water partition coefficient (Wildman–Crippen LogP) is 4.52. The van der Waals surface area contributed by atoms with Crippen molar-refractivity contribution >= 4 is 10.9 Å². The van der Waals surface area contributed by atoms with Crippen molar-refractivity contribution in [3.63, 3.8) is 0 Å². The average molecular weight is 296 g/mol. The van der Waals surface area contributed by atoms with E-state index in [1.807, 2.05) is 0 Å². The summed E-state index contributed by atoms with van der Waals surface area (Å²) in [4.78, 5) is 7.59. The Labute approximate surface area is 134 Å².